The van der Waals surface area contributed by atoms with Crippen molar-refractivity contribution < 1.29 is 9.53 Å². The minimum absolute atomic E-state index is 0. The lowest BCUT2D eigenvalue weighted by Crippen LogP contribution is -2.10. The second-order valence-corrected chi connectivity index (χ2v) is 3.25. The maximum absolute atomic E-state index is 11.3. The lowest BCUT2D eigenvalue weighted by Gasteiger charge is -2.10. The molecule has 0 fully saturated rings. The van der Waals surface area contributed by atoms with Gasteiger partial charge in [-0.3, -0.25) is 0 Å². The zero-order valence-corrected chi connectivity index (χ0v) is 10.00. The van der Waals surface area contributed by atoms with Crippen molar-refractivity contribution >= 4 is 18.4 Å². The van der Waals surface area contributed by atoms with Crippen LogP contribution in [0.15, 0.2) is 36.9 Å². The summed E-state index contributed by atoms with van der Waals surface area (Å²) in [5.74, 6) is -0.345. The molecule has 3 nitrogen and oxygen atoms in total. The molecular weight excluding hydrogens is 226 g/mol. The van der Waals surface area contributed by atoms with E-state index in [0.29, 0.717) is 12.0 Å². The van der Waals surface area contributed by atoms with Crippen LogP contribution in [0, 0.1) is 0 Å². The van der Waals surface area contributed by atoms with Crippen LogP contribution in [-0.4, -0.2) is 13.1 Å². The van der Waals surface area contributed by atoms with Crippen LogP contribution in [0.3, 0.4) is 0 Å². The maximum Gasteiger partial charge on any atom is 0.337 e. The molecule has 0 aromatic heterocycles. The Balaban J connectivity index is 0.00000225. The van der Waals surface area contributed by atoms with E-state index in [1.54, 1.807) is 24.3 Å². The molecule has 0 unspecified atom stereocenters. The summed E-state index contributed by atoms with van der Waals surface area (Å²) in [6, 6.07) is 7.02. The summed E-state index contributed by atoms with van der Waals surface area (Å²) in [6.07, 6.45) is 2.44. The van der Waals surface area contributed by atoms with E-state index in [1.807, 2.05) is 6.07 Å². The van der Waals surface area contributed by atoms with Crippen molar-refractivity contribution in [2.75, 3.05) is 7.11 Å². The third-order valence-corrected chi connectivity index (χ3v) is 2.16. The SMILES string of the molecule is C=CC[C@H](N)c1cccc(C(=O)OC)c1.Cl. The van der Waals surface area contributed by atoms with Crippen molar-refractivity contribution in [1.82, 2.24) is 0 Å². The largest absolute Gasteiger partial charge is 0.465 e. The van der Waals surface area contributed by atoms with E-state index in [4.69, 9.17) is 5.73 Å². The highest BCUT2D eigenvalue weighted by atomic mass is 35.5. The summed E-state index contributed by atoms with van der Waals surface area (Å²) >= 11 is 0. The molecule has 0 aliphatic rings. The number of carbonyl (C=O) groups excluding carboxylic acids is 1. The van der Waals surface area contributed by atoms with Gasteiger partial charge in [-0.05, 0) is 24.1 Å². The van der Waals surface area contributed by atoms with Crippen molar-refractivity contribution in [2.24, 2.45) is 5.73 Å². The van der Waals surface area contributed by atoms with Gasteiger partial charge in [-0.1, -0.05) is 18.2 Å². The number of nitrogens with two attached hydrogens (primary N) is 1. The first-order valence-electron chi connectivity index (χ1n) is 4.73. The van der Waals surface area contributed by atoms with Gasteiger partial charge in [0.1, 0.15) is 0 Å². The van der Waals surface area contributed by atoms with Crippen LogP contribution in [0.5, 0.6) is 0 Å². The second kappa shape index (κ2) is 7.04. The molecule has 0 radical (unpaired) electrons. The van der Waals surface area contributed by atoms with Gasteiger partial charge in [0, 0.05) is 6.04 Å². The van der Waals surface area contributed by atoms with Crippen molar-refractivity contribution in [1.29, 1.82) is 0 Å². The number of benzene rings is 1. The minimum atomic E-state index is -0.345. The topological polar surface area (TPSA) is 52.3 Å². The van der Waals surface area contributed by atoms with E-state index in [9.17, 15) is 4.79 Å². The van der Waals surface area contributed by atoms with Gasteiger partial charge in [-0.2, -0.15) is 0 Å². The Bertz CT molecular complexity index is 366. The van der Waals surface area contributed by atoms with Gasteiger partial charge in [0.05, 0.1) is 12.7 Å². The maximum atomic E-state index is 11.3. The first kappa shape index (κ1) is 14.7. The molecule has 2 N–H and O–H groups in total. The highest BCUT2D eigenvalue weighted by molar-refractivity contribution is 5.89. The Morgan fingerprint density at radius 2 is 2.31 bits per heavy atom. The monoisotopic (exact) mass is 241 g/mol. The summed E-state index contributed by atoms with van der Waals surface area (Å²) < 4.78 is 4.63. The Morgan fingerprint density at radius 3 is 2.88 bits per heavy atom. The van der Waals surface area contributed by atoms with E-state index in [-0.39, 0.29) is 24.4 Å². The van der Waals surface area contributed by atoms with Gasteiger partial charge < -0.3 is 10.5 Å². The number of methoxy groups -OCH3 is 1. The van der Waals surface area contributed by atoms with E-state index in [2.05, 4.69) is 11.3 Å². The fourth-order valence-electron chi connectivity index (χ4n) is 1.33. The number of esters is 1. The summed E-state index contributed by atoms with van der Waals surface area (Å²) in [6.45, 7) is 3.63. The normalized spacial score (nSPS) is 11.1. The molecule has 16 heavy (non-hydrogen) atoms. The third-order valence-electron chi connectivity index (χ3n) is 2.16. The smallest absolute Gasteiger partial charge is 0.337 e. The van der Waals surface area contributed by atoms with Gasteiger partial charge in [0.2, 0.25) is 0 Å². The van der Waals surface area contributed by atoms with Gasteiger partial charge in [-0.15, -0.1) is 19.0 Å². The number of ether oxygens (including phenoxy) is 1. The fourth-order valence-corrected chi connectivity index (χ4v) is 1.33. The van der Waals surface area contributed by atoms with Crippen molar-refractivity contribution in [3.63, 3.8) is 0 Å². The first-order valence-corrected chi connectivity index (χ1v) is 4.73. The predicted octanol–water partition coefficient (Wildman–Crippen LogP) is 2.47. The molecule has 1 atom stereocenters. The summed E-state index contributed by atoms with van der Waals surface area (Å²) in [5, 5.41) is 0. The predicted molar refractivity (Wildman–Crippen MR) is 66.8 cm³/mol. The second-order valence-electron chi connectivity index (χ2n) is 3.25. The van der Waals surface area contributed by atoms with Crippen molar-refractivity contribution in [2.45, 2.75) is 12.5 Å². The molecule has 0 aliphatic carbocycles. The van der Waals surface area contributed by atoms with Crippen molar-refractivity contribution in [3.8, 4) is 0 Å². The zero-order valence-electron chi connectivity index (χ0n) is 9.18. The summed E-state index contributed by atoms with van der Waals surface area (Å²) in [7, 11) is 1.36. The van der Waals surface area contributed by atoms with Gasteiger partial charge in [-0.25, -0.2) is 4.79 Å². The Labute approximate surface area is 102 Å². The fraction of sp³-hybridized carbons (Fsp3) is 0.250. The molecule has 0 saturated heterocycles. The number of carbonyl (C=O) groups is 1. The molecule has 0 saturated carbocycles. The summed E-state index contributed by atoms with van der Waals surface area (Å²) in [4.78, 5) is 11.3. The van der Waals surface area contributed by atoms with Crippen LogP contribution in [0.25, 0.3) is 0 Å². The molecule has 0 aliphatic heterocycles. The van der Waals surface area contributed by atoms with Gasteiger partial charge >= 0.3 is 5.97 Å². The molecule has 88 valence electrons. The van der Waals surface area contributed by atoms with Crippen LogP contribution in [0.2, 0.25) is 0 Å². The molecule has 0 heterocycles. The summed E-state index contributed by atoms with van der Waals surface area (Å²) in [5.41, 5.74) is 7.33. The average Bonchev–Trinajstić information content (AvgIpc) is 2.28. The lowest BCUT2D eigenvalue weighted by atomic mass is 10.0. The van der Waals surface area contributed by atoms with Crippen LogP contribution in [0.4, 0.5) is 0 Å². The van der Waals surface area contributed by atoms with Crippen LogP contribution in [0.1, 0.15) is 28.4 Å². The Kier molecular flexibility index (Phi) is 6.46. The lowest BCUT2D eigenvalue weighted by molar-refractivity contribution is 0.0600. The van der Waals surface area contributed by atoms with E-state index in [0.717, 1.165) is 5.56 Å². The zero-order chi connectivity index (χ0) is 11.3. The molecule has 0 spiro atoms. The van der Waals surface area contributed by atoms with Crippen molar-refractivity contribution in [3.05, 3.63) is 48.0 Å². The number of hydrogen-bond acceptors (Lipinski definition) is 3. The highest BCUT2D eigenvalue weighted by Gasteiger charge is 2.08. The molecular formula is C12H16ClNO2. The molecule has 1 aromatic rings. The quantitative estimate of drug-likeness (QED) is 0.651. The van der Waals surface area contributed by atoms with E-state index >= 15 is 0 Å². The average molecular weight is 242 g/mol. The molecule has 4 heteroatoms. The van der Waals surface area contributed by atoms with E-state index in [1.165, 1.54) is 7.11 Å². The third kappa shape index (κ3) is 3.68. The van der Waals surface area contributed by atoms with E-state index < -0.39 is 0 Å². The standard InChI is InChI=1S/C12H15NO2.ClH/c1-3-5-11(13)9-6-4-7-10(8-9)12(14)15-2;/h3-4,6-8,11H,1,5,13H2,2H3;1H/t11-;/m0./s1. The first-order chi connectivity index (χ1) is 7.19. The highest BCUT2D eigenvalue weighted by Crippen LogP contribution is 2.16. The molecule has 0 bridgehead atoms. The minimum Gasteiger partial charge on any atom is -0.465 e. The number of halogens is 1. The van der Waals surface area contributed by atoms with Crippen LogP contribution in [-0.2, 0) is 4.74 Å². The number of rotatable bonds is 4. The molecule has 1 aromatic carbocycles. The molecule has 1 rings (SSSR count). The number of hydrogen-bond donors (Lipinski definition) is 1. The molecule has 0 amide bonds. The Morgan fingerprint density at radius 1 is 1.62 bits per heavy atom. The van der Waals surface area contributed by atoms with Crippen LogP contribution < -0.4 is 5.73 Å². The van der Waals surface area contributed by atoms with Gasteiger partial charge in [0.15, 0.2) is 0 Å². The van der Waals surface area contributed by atoms with Gasteiger partial charge in [0.25, 0.3) is 0 Å². The Hall–Kier alpha value is -1.32. The van der Waals surface area contributed by atoms with Crippen LogP contribution >= 0.6 is 12.4 Å².